The second-order valence-corrected chi connectivity index (χ2v) is 10.8. The van der Waals surface area contributed by atoms with Crippen LogP contribution in [-0.2, 0) is 0 Å². The number of rotatable bonds is 8. The summed E-state index contributed by atoms with van der Waals surface area (Å²) in [6.07, 6.45) is 3.45. The van der Waals surface area contributed by atoms with Crippen molar-refractivity contribution in [2.24, 2.45) is 9.98 Å². The van der Waals surface area contributed by atoms with E-state index in [1.807, 2.05) is 36.4 Å². The number of aromatic hydroxyl groups is 2. The second-order valence-electron chi connectivity index (χ2n) is 10.8. The fraction of sp³-hybridized carbons (Fsp3) is 0.375. The summed E-state index contributed by atoms with van der Waals surface area (Å²) in [5.41, 5.74) is 7.16. The van der Waals surface area contributed by atoms with E-state index in [-0.39, 0.29) is 23.3 Å². The highest BCUT2D eigenvalue weighted by Crippen LogP contribution is 2.34. The third-order valence-corrected chi connectivity index (χ3v) is 6.49. The first kappa shape index (κ1) is 27.2. The summed E-state index contributed by atoms with van der Waals surface area (Å²) in [5.74, 6) is 1.72. The van der Waals surface area contributed by atoms with Gasteiger partial charge in [-0.15, -0.1) is 0 Å². The van der Waals surface area contributed by atoms with Gasteiger partial charge in [0, 0.05) is 23.6 Å². The molecule has 4 nitrogen and oxygen atoms in total. The van der Waals surface area contributed by atoms with E-state index in [0.29, 0.717) is 11.8 Å². The Balaban J connectivity index is 1.93. The first-order valence-corrected chi connectivity index (χ1v) is 12.9. The van der Waals surface area contributed by atoms with E-state index in [4.69, 9.17) is 0 Å². The minimum atomic E-state index is 0.218. The van der Waals surface area contributed by atoms with Gasteiger partial charge in [-0.2, -0.15) is 0 Å². The fourth-order valence-corrected chi connectivity index (χ4v) is 4.09. The number of hydrogen-bond acceptors (Lipinski definition) is 4. The highest BCUT2D eigenvalue weighted by Gasteiger charge is 2.14. The molecule has 0 atom stereocenters. The highest BCUT2D eigenvalue weighted by molar-refractivity contribution is 5.88. The predicted molar refractivity (Wildman–Crippen MR) is 154 cm³/mol. The molecule has 0 unspecified atom stereocenters. The Morgan fingerprint density at radius 2 is 0.944 bits per heavy atom. The Bertz CT molecular complexity index is 1170. The maximum Gasteiger partial charge on any atom is 0.127 e. The Hall–Kier alpha value is -3.40. The van der Waals surface area contributed by atoms with Crippen LogP contribution in [0.25, 0.3) is 0 Å². The van der Waals surface area contributed by atoms with Crippen LogP contribution in [0.3, 0.4) is 0 Å². The fourth-order valence-electron chi connectivity index (χ4n) is 4.09. The molecule has 0 radical (unpaired) electrons. The van der Waals surface area contributed by atoms with Crippen LogP contribution in [0.2, 0.25) is 0 Å². The molecule has 3 aromatic rings. The van der Waals surface area contributed by atoms with E-state index in [0.717, 1.165) is 33.6 Å². The molecule has 0 saturated heterocycles. The average Bonchev–Trinajstić information content (AvgIpc) is 2.82. The van der Waals surface area contributed by atoms with Crippen molar-refractivity contribution in [1.82, 2.24) is 0 Å². The molecular weight excluding hydrogens is 444 g/mol. The maximum absolute atomic E-state index is 10.8. The van der Waals surface area contributed by atoms with E-state index >= 15 is 0 Å². The van der Waals surface area contributed by atoms with Gasteiger partial charge in [-0.3, -0.25) is 9.98 Å². The Morgan fingerprint density at radius 3 is 1.28 bits per heavy atom. The lowest BCUT2D eigenvalue weighted by Crippen LogP contribution is -1.98. The van der Waals surface area contributed by atoms with Gasteiger partial charge in [0.2, 0.25) is 0 Å². The van der Waals surface area contributed by atoms with Gasteiger partial charge in [-0.05, 0) is 76.3 Å². The van der Waals surface area contributed by atoms with Crippen molar-refractivity contribution in [2.45, 2.75) is 79.1 Å². The SMILES string of the molecule is CC(C)c1cc(C=Nc2cccc(N=Cc3cc(C(C)C)cc(C(C)C)c3O)c2)c(O)c(C(C)C)c1. The summed E-state index contributed by atoms with van der Waals surface area (Å²) in [6, 6.07) is 15.8. The smallest absolute Gasteiger partial charge is 0.127 e. The lowest BCUT2D eigenvalue weighted by molar-refractivity contribution is 0.463. The number of phenolic OH excluding ortho intramolecular Hbond substituents is 2. The van der Waals surface area contributed by atoms with E-state index in [2.05, 4.69) is 77.5 Å². The Labute approximate surface area is 216 Å². The van der Waals surface area contributed by atoms with E-state index < -0.39 is 0 Å². The van der Waals surface area contributed by atoms with Gasteiger partial charge >= 0.3 is 0 Å². The summed E-state index contributed by atoms with van der Waals surface area (Å²) in [4.78, 5) is 9.28. The van der Waals surface area contributed by atoms with E-state index in [1.54, 1.807) is 12.4 Å². The molecule has 0 aliphatic heterocycles. The zero-order valence-electron chi connectivity index (χ0n) is 22.9. The van der Waals surface area contributed by atoms with Crippen molar-refractivity contribution in [3.05, 3.63) is 81.9 Å². The standard InChI is InChI=1S/C32H40N2O2/c1-19(2)23-12-25(31(35)29(14-23)21(5)6)17-33-27-10-9-11-28(16-27)34-18-26-13-24(20(3)4)15-30(22(7)8)32(26)36/h9-22,35-36H,1-8H3. The Morgan fingerprint density at radius 1 is 0.556 bits per heavy atom. The number of aliphatic imine (C=N–C) groups is 2. The summed E-state index contributed by atoms with van der Waals surface area (Å²) >= 11 is 0. The van der Waals surface area contributed by atoms with Crippen LogP contribution in [0.15, 0.2) is 58.5 Å². The molecular formula is C32H40N2O2. The van der Waals surface area contributed by atoms with E-state index in [1.165, 1.54) is 11.1 Å². The molecule has 190 valence electrons. The molecule has 0 aliphatic rings. The van der Waals surface area contributed by atoms with Gasteiger partial charge in [0.25, 0.3) is 0 Å². The third-order valence-electron chi connectivity index (χ3n) is 6.49. The minimum absolute atomic E-state index is 0.218. The molecule has 0 saturated carbocycles. The Kier molecular flexibility index (Phi) is 8.73. The largest absolute Gasteiger partial charge is 0.507 e. The molecule has 36 heavy (non-hydrogen) atoms. The van der Waals surface area contributed by atoms with Crippen molar-refractivity contribution in [3.63, 3.8) is 0 Å². The van der Waals surface area contributed by atoms with Crippen molar-refractivity contribution in [1.29, 1.82) is 0 Å². The number of phenols is 2. The van der Waals surface area contributed by atoms with Gasteiger partial charge in [-0.1, -0.05) is 73.6 Å². The molecule has 2 N–H and O–H groups in total. The summed E-state index contributed by atoms with van der Waals surface area (Å²) in [5, 5.41) is 21.6. The highest BCUT2D eigenvalue weighted by atomic mass is 16.3. The van der Waals surface area contributed by atoms with Gasteiger partial charge in [0.1, 0.15) is 11.5 Å². The summed E-state index contributed by atoms with van der Waals surface area (Å²) in [7, 11) is 0. The van der Waals surface area contributed by atoms with Gasteiger partial charge in [0.15, 0.2) is 0 Å². The van der Waals surface area contributed by atoms with E-state index in [9.17, 15) is 10.2 Å². The van der Waals surface area contributed by atoms with Crippen molar-refractivity contribution in [3.8, 4) is 11.5 Å². The average molecular weight is 485 g/mol. The molecule has 0 spiro atoms. The topological polar surface area (TPSA) is 65.2 Å². The summed E-state index contributed by atoms with van der Waals surface area (Å²) < 4.78 is 0. The zero-order valence-corrected chi connectivity index (χ0v) is 22.9. The van der Waals surface area contributed by atoms with Gasteiger partial charge < -0.3 is 10.2 Å². The minimum Gasteiger partial charge on any atom is -0.507 e. The van der Waals surface area contributed by atoms with Crippen molar-refractivity contribution >= 4 is 23.8 Å². The van der Waals surface area contributed by atoms with Crippen molar-refractivity contribution in [2.75, 3.05) is 0 Å². The quantitative estimate of drug-likeness (QED) is 0.313. The molecule has 0 bridgehead atoms. The van der Waals surface area contributed by atoms with Crippen LogP contribution >= 0.6 is 0 Å². The lowest BCUT2D eigenvalue weighted by atomic mass is 9.92. The second kappa shape index (κ2) is 11.6. The normalized spacial score (nSPS) is 12.3. The molecule has 0 aliphatic carbocycles. The van der Waals surface area contributed by atoms with Crippen LogP contribution in [0.5, 0.6) is 11.5 Å². The summed E-state index contributed by atoms with van der Waals surface area (Å²) in [6.45, 7) is 16.9. The third kappa shape index (κ3) is 6.42. The van der Waals surface area contributed by atoms with Gasteiger partial charge in [0.05, 0.1) is 11.4 Å². The van der Waals surface area contributed by atoms with Crippen LogP contribution < -0.4 is 0 Å². The zero-order chi connectivity index (χ0) is 26.6. The number of hydrogen-bond donors (Lipinski definition) is 2. The molecule has 0 fully saturated rings. The maximum atomic E-state index is 10.8. The molecule has 0 heterocycles. The number of nitrogens with zero attached hydrogens (tertiary/aromatic N) is 2. The monoisotopic (exact) mass is 484 g/mol. The van der Waals surface area contributed by atoms with Crippen LogP contribution in [0.1, 0.15) is 112 Å². The van der Waals surface area contributed by atoms with Crippen molar-refractivity contribution < 1.29 is 10.2 Å². The first-order chi connectivity index (χ1) is 17.0. The van der Waals surface area contributed by atoms with Crippen LogP contribution in [0.4, 0.5) is 11.4 Å². The molecule has 0 amide bonds. The number of benzene rings is 3. The van der Waals surface area contributed by atoms with Crippen LogP contribution in [-0.4, -0.2) is 22.6 Å². The molecule has 3 rings (SSSR count). The molecule has 4 heteroatoms. The van der Waals surface area contributed by atoms with Gasteiger partial charge in [-0.25, -0.2) is 0 Å². The molecule has 3 aromatic carbocycles. The first-order valence-electron chi connectivity index (χ1n) is 12.9. The predicted octanol–water partition coefficient (Wildman–Crippen LogP) is 9.09. The van der Waals surface area contributed by atoms with Crippen LogP contribution in [0, 0.1) is 0 Å². The lowest BCUT2D eigenvalue weighted by Gasteiger charge is -2.15. The molecule has 0 aromatic heterocycles.